The van der Waals surface area contributed by atoms with Crippen molar-refractivity contribution in [3.63, 3.8) is 0 Å². The summed E-state index contributed by atoms with van der Waals surface area (Å²) >= 11 is 11.8. The molecule has 1 saturated carbocycles. The summed E-state index contributed by atoms with van der Waals surface area (Å²) in [5, 5.41) is 12.5. The fourth-order valence-corrected chi connectivity index (χ4v) is 6.18. The molecule has 3 rings (SSSR count). The largest absolute Gasteiger partial charge is 0.480 e. The van der Waals surface area contributed by atoms with Crippen LogP contribution in [0.2, 0.25) is 10.0 Å². The number of carbonyl (C=O) groups is 2. The van der Waals surface area contributed by atoms with Gasteiger partial charge in [-0.1, -0.05) is 36.0 Å². The van der Waals surface area contributed by atoms with Crippen molar-refractivity contribution in [1.29, 1.82) is 0 Å². The topological polar surface area (TPSA) is 104 Å². The number of hydrogen-bond donors (Lipinski definition) is 2. The van der Waals surface area contributed by atoms with Gasteiger partial charge in [-0.05, 0) is 43.9 Å². The van der Waals surface area contributed by atoms with Gasteiger partial charge in [0.1, 0.15) is 11.6 Å². The Morgan fingerprint density at radius 3 is 2.26 bits per heavy atom. The van der Waals surface area contributed by atoms with E-state index in [2.05, 4.69) is 5.32 Å². The smallest absolute Gasteiger partial charge is 0.329 e. The van der Waals surface area contributed by atoms with Crippen LogP contribution in [0.25, 0.3) is 0 Å². The summed E-state index contributed by atoms with van der Waals surface area (Å²) in [7, 11) is -4.00. The van der Waals surface area contributed by atoms with Gasteiger partial charge in [0.25, 0.3) is 0 Å². The number of nitrogens with one attached hydrogen (secondary N) is 1. The first-order valence-corrected chi connectivity index (χ1v) is 10.9. The number of benzene rings is 1. The number of nitrogens with zero attached hydrogens (tertiary/aromatic N) is 1. The highest BCUT2D eigenvalue weighted by atomic mass is 35.5. The highest BCUT2D eigenvalue weighted by Gasteiger charge is 2.46. The van der Waals surface area contributed by atoms with Crippen LogP contribution in [-0.4, -0.2) is 47.8 Å². The van der Waals surface area contributed by atoms with Crippen LogP contribution in [-0.2, 0) is 19.6 Å². The van der Waals surface area contributed by atoms with Gasteiger partial charge in [-0.25, -0.2) is 13.2 Å². The predicted octanol–water partition coefficient (Wildman–Crippen LogP) is 2.66. The van der Waals surface area contributed by atoms with Gasteiger partial charge in [-0.2, -0.15) is 4.31 Å². The van der Waals surface area contributed by atoms with Crippen molar-refractivity contribution < 1.29 is 23.1 Å². The first-order chi connectivity index (χ1) is 12.7. The second kappa shape index (κ2) is 7.58. The number of aliphatic carboxylic acids is 1. The van der Waals surface area contributed by atoms with E-state index in [9.17, 15) is 23.1 Å². The third kappa shape index (κ3) is 3.94. The van der Waals surface area contributed by atoms with Crippen molar-refractivity contribution in [2.75, 3.05) is 6.54 Å². The molecule has 7 nitrogen and oxygen atoms in total. The molecule has 1 aliphatic carbocycles. The van der Waals surface area contributed by atoms with E-state index in [0.717, 1.165) is 4.31 Å². The molecule has 1 atom stereocenters. The van der Waals surface area contributed by atoms with Crippen molar-refractivity contribution >= 4 is 45.1 Å². The minimum Gasteiger partial charge on any atom is -0.480 e. The van der Waals surface area contributed by atoms with Gasteiger partial charge in [0.15, 0.2) is 0 Å². The molecule has 1 heterocycles. The number of amides is 1. The molecule has 0 aromatic heterocycles. The molecule has 1 saturated heterocycles. The van der Waals surface area contributed by atoms with Crippen LogP contribution < -0.4 is 5.32 Å². The van der Waals surface area contributed by atoms with E-state index in [1.165, 1.54) is 18.2 Å². The van der Waals surface area contributed by atoms with Gasteiger partial charge in [-0.3, -0.25) is 4.79 Å². The molecule has 1 amide bonds. The zero-order chi connectivity index (χ0) is 19.8. The third-order valence-electron chi connectivity index (χ3n) is 5.18. The van der Waals surface area contributed by atoms with E-state index in [0.29, 0.717) is 38.5 Å². The summed E-state index contributed by atoms with van der Waals surface area (Å²) in [5.41, 5.74) is -1.31. The zero-order valence-electron chi connectivity index (χ0n) is 14.5. The lowest BCUT2D eigenvalue weighted by Gasteiger charge is -2.30. The van der Waals surface area contributed by atoms with Crippen molar-refractivity contribution in [3.05, 3.63) is 28.2 Å². The van der Waals surface area contributed by atoms with Gasteiger partial charge in [-0.15, -0.1) is 0 Å². The zero-order valence-corrected chi connectivity index (χ0v) is 16.8. The maximum Gasteiger partial charge on any atom is 0.329 e. The maximum absolute atomic E-state index is 13.0. The van der Waals surface area contributed by atoms with Crippen LogP contribution in [0.3, 0.4) is 0 Å². The average Bonchev–Trinajstić information content (AvgIpc) is 3.24. The van der Waals surface area contributed by atoms with Gasteiger partial charge < -0.3 is 10.4 Å². The van der Waals surface area contributed by atoms with Crippen LogP contribution in [0.5, 0.6) is 0 Å². The van der Waals surface area contributed by atoms with Gasteiger partial charge >= 0.3 is 5.97 Å². The molecule has 1 aliphatic heterocycles. The Balaban J connectivity index is 1.86. The quantitative estimate of drug-likeness (QED) is 0.740. The first kappa shape index (κ1) is 20.4. The van der Waals surface area contributed by atoms with Gasteiger partial charge in [0.2, 0.25) is 15.9 Å². The Morgan fingerprint density at radius 2 is 1.70 bits per heavy atom. The standard InChI is InChI=1S/C17H20Cl2N2O5S/c18-11-8-12(19)10-13(9-11)27(25,26)21-7-3-4-14(21)15(22)20-17(16(23)24)5-1-2-6-17/h8-10,14H,1-7H2,(H,20,22)(H,23,24)/t14-/m1/s1. The maximum atomic E-state index is 13.0. The fourth-order valence-electron chi connectivity index (χ4n) is 3.79. The van der Waals surface area contributed by atoms with E-state index in [1.807, 2.05) is 0 Å². The third-order valence-corrected chi connectivity index (χ3v) is 7.50. The van der Waals surface area contributed by atoms with Crippen LogP contribution in [0.1, 0.15) is 38.5 Å². The molecule has 10 heteroatoms. The molecule has 2 aliphatic rings. The van der Waals surface area contributed by atoms with Crippen LogP contribution in [0.4, 0.5) is 0 Å². The Kier molecular flexibility index (Phi) is 5.72. The van der Waals surface area contributed by atoms with E-state index in [4.69, 9.17) is 23.2 Å². The van der Waals surface area contributed by atoms with Crippen molar-refractivity contribution in [2.24, 2.45) is 0 Å². The summed E-state index contributed by atoms with van der Waals surface area (Å²) in [6.45, 7) is 0.171. The molecule has 27 heavy (non-hydrogen) atoms. The molecular weight excluding hydrogens is 415 g/mol. The minimum absolute atomic E-state index is 0.0893. The van der Waals surface area contributed by atoms with Crippen LogP contribution in [0, 0.1) is 0 Å². The Bertz CT molecular complexity index is 848. The summed E-state index contributed by atoms with van der Waals surface area (Å²) < 4.78 is 27.1. The van der Waals surface area contributed by atoms with E-state index >= 15 is 0 Å². The van der Waals surface area contributed by atoms with Crippen LogP contribution in [0.15, 0.2) is 23.1 Å². The Labute approximate surface area is 167 Å². The molecule has 1 aromatic rings. The van der Waals surface area contributed by atoms with Crippen molar-refractivity contribution in [1.82, 2.24) is 9.62 Å². The molecule has 0 bridgehead atoms. The first-order valence-electron chi connectivity index (χ1n) is 8.69. The summed E-state index contributed by atoms with van der Waals surface area (Å²) in [6, 6.07) is 3.04. The molecule has 148 valence electrons. The normalized spacial score (nSPS) is 22.7. The average molecular weight is 435 g/mol. The monoisotopic (exact) mass is 434 g/mol. The number of hydrogen-bond acceptors (Lipinski definition) is 4. The summed E-state index contributed by atoms with van der Waals surface area (Å²) in [6.07, 6.45) is 2.94. The number of sulfonamides is 1. The van der Waals surface area contributed by atoms with Gasteiger partial charge in [0, 0.05) is 16.6 Å². The lowest BCUT2D eigenvalue weighted by molar-refractivity contribution is -0.147. The number of carboxylic acid groups (broad SMARTS) is 1. The van der Waals surface area contributed by atoms with Crippen molar-refractivity contribution in [2.45, 2.75) is 55.0 Å². The molecule has 0 radical (unpaired) electrons. The number of carbonyl (C=O) groups excluding carboxylic acids is 1. The molecule has 1 aromatic carbocycles. The lowest BCUT2D eigenvalue weighted by Crippen LogP contribution is -2.57. The van der Waals surface area contributed by atoms with Gasteiger partial charge in [0.05, 0.1) is 4.90 Å². The number of carboxylic acids is 1. The van der Waals surface area contributed by atoms with E-state index in [-0.39, 0.29) is 21.5 Å². The molecule has 0 unspecified atom stereocenters. The fraction of sp³-hybridized carbons (Fsp3) is 0.529. The molecule has 0 spiro atoms. The summed E-state index contributed by atoms with van der Waals surface area (Å²) in [5.74, 6) is -1.66. The Hall–Kier alpha value is -1.35. The Morgan fingerprint density at radius 1 is 1.11 bits per heavy atom. The second-order valence-electron chi connectivity index (χ2n) is 6.96. The number of rotatable bonds is 5. The highest BCUT2D eigenvalue weighted by Crippen LogP contribution is 2.33. The second-order valence-corrected chi connectivity index (χ2v) is 9.73. The summed E-state index contributed by atoms with van der Waals surface area (Å²) in [4.78, 5) is 24.4. The molecule has 2 fully saturated rings. The van der Waals surface area contributed by atoms with E-state index in [1.54, 1.807) is 0 Å². The minimum atomic E-state index is -4.00. The number of halogens is 2. The predicted molar refractivity (Wildman–Crippen MR) is 100 cm³/mol. The molecule has 2 N–H and O–H groups in total. The lowest BCUT2D eigenvalue weighted by atomic mass is 9.97. The van der Waals surface area contributed by atoms with E-state index < -0.39 is 33.5 Å². The van der Waals surface area contributed by atoms with Crippen molar-refractivity contribution in [3.8, 4) is 0 Å². The SMILES string of the molecule is O=C(NC1(C(=O)O)CCCC1)[C@H]1CCCN1S(=O)(=O)c1cc(Cl)cc(Cl)c1. The van der Waals surface area contributed by atoms with Crippen LogP contribution >= 0.6 is 23.2 Å². The molecular formula is C17H20Cl2N2O5S. The highest BCUT2D eigenvalue weighted by molar-refractivity contribution is 7.89.